The highest BCUT2D eigenvalue weighted by Gasteiger charge is 2.46. The first-order valence-electron chi connectivity index (χ1n) is 10.9. The van der Waals surface area contributed by atoms with Gasteiger partial charge in [0.25, 0.3) is 5.56 Å². The Bertz CT molecular complexity index is 819. The molecule has 2 aliphatic carbocycles. The third-order valence-corrected chi connectivity index (χ3v) is 6.37. The highest BCUT2D eigenvalue weighted by atomic mass is 16.6. The number of esters is 1. The molecule has 0 spiro atoms. The summed E-state index contributed by atoms with van der Waals surface area (Å²) in [6.07, 6.45) is 11.2. The van der Waals surface area contributed by atoms with Gasteiger partial charge in [-0.3, -0.25) is 14.3 Å². The van der Waals surface area contributed by atoms with Gasteiger partial charge in [-0.25, -0.2) is 9.59 Å². The number of hydrogen-bond donors (Lipinski definition) is 1. The normalized spacial score (nSPS) is 27.2. The van der Waals surface area contributed by atoms with Gasteiger partial charge in [-0.1, -0.05) is 19.3 Å². The number of aromatic nitrogens is 2. The van der Waals surface area contributed by atoms with Gasteiger partial charge in [0.05, 0.1) is 12.2 Å². The van der Waals surface area contributed by atoms with E-state index in [1.807, 2.05) is 0 Å². The number of nitrogens with zero attached hydrogens (tertiary/aromatic N) is 1. The second kappa shape index (κ2) is 8.83. The van der Waals surface area contributed by atoms with Crippen LogP contribution in [0.1, 0.15) is 76.9 Å². The maximum absolute atomic E-state index is 12.9. The fourth-order valence-electron chi connectivity index (χ4n) is 4.79. The van der Waals surface area contributed by atoms with Crippen LogP contribution in [0.5, 0.6) is 0 Å². The van der Waals surface area contributed by atoms with Crippen molar-refractivity contribution in [3.8, 4) is 0 Å². The van der Waals surface area contributed by atoms with E-state index >= 15 is 0 Å². The summed E-state index contributed by atoms with van der Waals surface area (Å²) in [5.74, 6) is -0.270. The highest BCUT2D eigenvalue weighted by Crippen LogP contribution is 2.38. The minimum atomic E-state index is -0.796. The fourth-order valence-corrected chi connectivity index (χ4v) is 4.79. The lowest BCUT2D eigenvalue weighted by Gasteiger charge is -2.33. The Balaban J connectivity index is 1.32. The minimum Gasteiger partial charge on any atom is -0.461 e. The molecular formula is C21H30N2O6. The van der Waals surface area contributed by atoms with Crippen molar-refractivity contribution in [1.82, 2.24) is 9.55 Å². The molecule has 2 unspecified atom stereocenters. The number of carbonyl (C=O) groups is 1. The van der Waals surface area contributed by atoms with Crippen LogP contribution in [0.15, 0.2) is 21.9 Å². The van der Waals surface area contributed by atoms with E-state index in [4.69, 9.17) is 14.2 Å². The van der Waals surface area contributed by atoms with Gasteiger partial charge in [0.15, 0.2) is 5.60 Å². The summed E-state index contributed by atoms with van der Waals surface area (Å²) in [7, 11) is 0. The molecular weight excluding hydrogens is 376 g/mol. The van der Waals surface area contributed by atoms with Crippen LogP contribution in [-0.4, -0.2) is 39.9 Å². The zero-order valence-electron chi connectivity index (χ0n) is 16.8. The zero-order valence-corrected chi connectivity index (χ0v) is 16.8. The van der Waals surface area contributed by atoms with Crippen molar-refractivity contribution in [3.63, 3.8) is 0 Å². The van der Waals surface area contributed by atoms with Crippen LogP contribution in [0.3, 0.4) is 0 Å². The van der Waals surface area contributed by atoms with E-state index in [1.54, 1.807) is 0 Å². The van der Waals surface area contributed by atoms with E-state index in [1.165, 1.54) is 23.3 Å². The largest absolute Gasteiger partial charge is 0.461 e. The van der Waals surface area contributed by atoms with Crippen LogP contribution in [-0.2, 0) is 19.0 Å². The van der Waals surface area contributed by atoms with Crippen molar-refractivity contribution in [2.45, 2.75) is 94.7 Å². The second-order valence-corrected chi connectivity index (χ2v) is 8.49. The number of carbonyl (C=O) groups excluding carboxylic acids is 1. The minimum absolute atomic E-state index is 0.156. The van der Waals surface area contributed by atoms with Crippen molar-refractivity contribution < 1.29 is 19.0 Å². The summed E-state index contributed by atoms with van der Waals surface area (Å²) in [6.45, 7) is 0.156. The molecule has 0 radical (unpaired) electrons. The van der Waals surface area contributed by atoms with E-state index in [-0.39, 0.29) is 24.8 Å². The standard InChI is InChI=1S/C21H30N2O6/c24-17-10-13-23(20(26)22-17)18-9-8-16(28-18)14-27-19(25)21(11-4-5-12-21)29-15-6-2-1-3-7-15/h10,13,15-16,18H,1-9,11-12,14H2,(H,22,24,26). The van der Waals surface area contributed by atoms with Gasteiger partial charge < -0.3 is 14.2 Å². The van der Waals surface area contributed by atoms with Crippen LogP contribution in [0.2, 0.25) is 0 Å². The Labute approximate surface area is 169 Å². The lowest BCUT2D eigenvalue weighted by Crippen LogP contribution is -2.44. The maximum atomic E-state index is 12.9. The number of aromatic amines is 1. The van der Waals surface area contributed by atoms with Crippen LogP contribution in [0.4, 0.5) is 0 Å². The fraction of sp³-hybridized carbons (Fsp3) is 0.762. The predicted molar refractivity (Wildman–Crippen MR) is 105 cm³/mol. The number of H-pyrrole nitrogens is 1. The summed E-state index contributed by atoms with van der Waals surface area (Å²) in [5, 5.41) is 0. The molecule has 8 heteroatoms. The smallest absolute Gasteiger partial charge is 0.338 e. The highest BCUT2D eigenvalue weighted by molar-refractivity contribution is 5.80. The molecule has 1 saturated heterocycles. The van der Waals surface area contributed by atoms with Gasteiger partial charge in [-0.15, -0.1) is 0 Å². The predicted octanol–water partition coefficient (Wildman–Crippen LogP) is 2.42. The summed E-state index contributed by atoms with van der Waals surface area (Å²) < 4.78 is 19.2. The molecule has 3 aliphatic rings. The average molecular weight is 406 g/mol. The van der Waals surface area contributed by atoms with Gasteiger partial charge in [0.1, 0.15) is 12.8 Å². The Morgan fingerprint density at radius 1 is 1.10 bits per heavy atom. The molecule has 0 amide bonds. The van der Waals surface area contributed by atoms with Gasteiger partial charge >= 0.3 is 11.7 Å². The number of hydrogen-bond acceptors (Lipinski definition) is 6. The molecule has 2 atom stereocenters. The van der Waals surface area contributed by atoms with Crippen LogP contribution >= 0.6 is 0 Å². The zero-order chi connectivity index (χ0) is 20.3. The molecule has 8 nitrogen and oxygen atoms in total. The molecule has 4 rings (SSSR count). The monoisotopic (exact) mass is 406 g/mol. The molecule has 29 heavy (non-hydrogen) atoms. The number of rotatable bonds is 6. The topological polar surface area (TPSA) is 99.6 Å². The summed E-state index contributed by atoms with van der Waals surface area (Å²) in [6, 6.07) is 1.30. The van der Waals surface area contributed by atoms with E-state index in [0.717, 1.165) is 51.4 Å². The molecule has 0 bridgehead atoms. The van der Waals surface area contributed by atoms with E-state index in [9.17, 15) is 14.4 Å². The van der Waals surface area contributed by atoms with E-state index in [2.05, 4.69) is 4.98 Å². The molecule has 1 aliphatic heterocycles. The average Bonchev–Trinajstić information content (AvgIpc) is 3.37. The van der Waals surface area contributed by atoms with Crippen LogP contribution in [0.25, 0.3) is 0 Å². The van der Waals surface area contributed by atoms with Gasteiger partial charge in [-0.2, -0.15) is 0 Å². The summed E-state index contributed by atoms with van der Waals surface area (Å²) in [5.41, 5.74) is -1.73. The first kappa shape index (κ1) is 20.3. The first-order valence-corrected chi connectivity index (χ1v) is 10.9. The van der Waals surface area contributed by atoms with Gasteiger partial charge in [0.2, 0.25) is 0 Å². The van der Waals surface area contributed by atoms with Crippen molar-refractivity contribution in [3.05, 3.63) is 33.1 Å². The summed E-state index contributed by atoms with van der Waals surface area (Å²) >= 11 is 0. The van der Waals surface area contributed by atoms with E-state index in [0.29, 0.717) is 12.8 Å². The molecule has 1 aromatic rings. The van der Waals surface area contributed by atoms with Crippen LogP contribution in [0, 0.1) is 0 Å². The first-order chi connectivity index (χ1) is 14.1. The number of ether oxygens (including phenoxy) is 3. The van der Waals surface area contributed by atoms with Crippen molar-refractivity contribution in [1.29, 1.82) is 0 Å². The molecule has 160 valence electrons. The maximum Gasteiger partial charge on any atom is 0.338 e. The Kier molecular flexibility index (Phi) is 6.20. The Hall–Kier alpha value is -1.93. The molecule has 2 saturated carbocycles. The van der Waals surface area contributed by atoms with Crippen molar-refractivity contribution in [2.24, 2.45) is 0 Å². The van der Waals surface area contributed by atoms with Crippen LogP contribution < -0.4 is 11.2 Å². The lowest BCUT2D eigenvalue weighted by atomic mass is 9.95. The third-order valence-electron chi connectivity index (χ3n) is 6.37. The Morgan fingerprint density at radius 2 is 1.86 bits per heavy atom. The van der Waals surface area contributed by atoms with Crippen molar-refractivity contribution in [2.75, 3.05) is 6.61 Å². The summed E-state index contributed by atoms with van der Waals surface area (Å²) in [4.78, 5) is 38.3. The molecule has 3 fully saturated rings. The number of nitrogens with one attached hydrogen (secondary N) is 1. The molecule has 1 N–H and O–H groups in total. The van der Waals surface area contributed by atoms with Crippen molar-refractivity contribution >= 4 is 5.97 Å². The second-order valence-electron chi connectivity index (χ2n) is 8.49. The molecule has 2 heterocycles. The van der Waals surface area contributed by atoms with E-state index < -0.39 is 23.1 Å². The quantitative estimate of drug-likeness (QED) is 0.729. The Morgan fingerprint density at radius 3 is 2.59 bits per heavy atom. The lowest BCUT2D eigenvalue weighted by molar-refractivity contribution is -0.185. The van der Waals surface area contributed by atoms with Gasteiger partial charge in [0, 0.05) is 12.3 Å². The van der Waals surface area contributed by atoms with Gasteiger partial charge in [-0.05, 0) is 51.4 Å². The molecule has 0 aromatic carbocycles. The third kappa shape index (κ3) is 4.64. The molecule has 1 aromatic heterocycles. The SMILES string of the molecule is O=C(OCC1CCC(n2ccc(=O)[nH]c2=O)O1)C1(OC2CCCCC2)CCCC1.